The summed E-state index contributed by atoms with van der Waals surface area (Å²) >= 11 is 0. The van der Waals surface area contributed by atoms with Crippen molar-refractivity contribution in [2.24, 2.45) is 11.3 Å². The lowest BCUT2D eigenvalue weighted by molar-refractivity contribution is 0.605. The monoisotopic (exact) mass is 121 g/mol. The molecule has 0 spiro atoms. The first-order chi connectivity index (χ1) is 4.29. The molecule has 0 N–H and O–H groups in total. The normalized spacial score (nSPS) is 39.3. The first-order valence-corrected chi connectivity index (χ1v) is 3.33. The van der Waals surface area contributed by atoms with Crippen molar-refractivity contribution in [2.75, 3.05) is 0 Å². The van der Waals surface area contributed by atoms with Crippen molar-refractivity contribution in [3.63, 3.8) is 0 Å². The molecular weight excluding hydrogens is 110 g/mol. The molecule has 0 aromatic heterocycles. The highest BCUT2D eigenvalue weighted by Gasteiger charge is 2.51. The molecule has 1 aliphatic carbocycles. The molecular formula is C8H11N. The van der Waals surface area contributed by atoms with E-state index in [0.29, 0.717) is 5.92 Å². The molecule has 0 aromatic carbocycles. The first-order valence-electron chi connectivity index (χ1n) is 3.33. The summed E-state index contributed by atoms with van der Waals surface area (Å²) in [5.74, 6) is 0.479. The molecule has 48 valence electrons. The lowest BCUT2D eigenvalue weighted by Gasteiger charge is -1.97. The van der Waals surface area contributed by atoms with Gasteiger partial charge in [-0.15, -0.1) is 6.58 Å². The van der Waals surface area contributed by atoms with E-state index in [0.717, 1.165) is 12.8 Å². The number of hydrogen-bond donors (Lipinski definition) is 0. The molecule has 0 heterocycles. The lowest BCUT2D eigenvalue weighted by Crippen LogP contribution is -1.95. The Morgan fingerprint density at radius 3 is 2.78 bits per heavy atom. The van der Waals surface area contributed by atoms with E-state index in [4.69, 9.17) is 5.26 Å². The van der Waals surface area contributed by atoms with Crippen molar-refractivity contribution >= 4 is 0 Å². The van der Waals surface area contributed by atoms with Gasteiger partial charge in [0.1, 0.15) is 0 Å². The minimum atomic E-state index is -0.0122. The summed E-state index contributed by atoms with van der Waals surface area (Å²) in [7, 11) is 0. The Kier molecular flexibility index (Phi) is 1.32. The molecule has 1 rings (SSSR count). The molecule has 0 radical (unpaired) electrons. The van der Waals surface area contributed by atoms with E-state index in [2.05, 4.69) is 19.6 Å². The Balaban J connectivity index is 2.60. The second-order valence-electron chi connectivity index (χ2n) is 2.67. The van der Waals surface area contributed by atoms with Crippen molar-refractivity contribution in [3.05, 3.63) is 12.7 Å². The minimum Gasteiger partial charge on any atom is -0.198 e. The van der Waals surface area contributed by atoms with Crippen LogP contribution in [-0.2, 0) is 0 Å². The molecule has 2 atom stereocenters. The SMILES string of the molecule is C=CC1CC1(C#N)CC. The fourth-order valence-corrected chi connectivity index (χ4v) is 1.26. The predicted molar refractivity (Wildman–Crippen MR) is 36.6 cm³/mol. The quantitative estimate of drug-likeness (QED) is 0.513. The molecule has 0 aromatic rings. The van der Waals surface area contributed by atoms with Crippen molar-refractivity contribution in [2.45, 2.75) is 19.8 Å². The van der Waals surface area contributed by atoms with Gasteiger partial charge in [0.2, 0.25) is 0 Å². The van der Waals surface area contributed by atoms with Crippen LogP contribution in [0.1, 0.15) is 19.8 Å². The van der Waals surface area contributed by atoms with Crippen LogP contribution >= 0.6 is 0 Å². The van der Waals surface area contributed by atoms with Gasteiger partial charge >= 0.3 is 0 Å². The summed E-state index contributed by atoms with van der Waals surface area (Å²) in [5, 5.41) is 8.66. The maximum Gasteiger partial charge on any atom is 0.0696 e. The van der Waals surface area contributed by atoms with E-state index in [-0.39, 0.29) is 5.41 Å². The Bertz CT molecular complexity index is 166. The van der Waals surface area contributed by atoms with Gasteiger partial charge in [-0.2, -0.15) is 5.26 Å². The number of nitrogens with zero attached hydrogens (tertiary/aromatic N) is 1. The molecule has 2 unspecified atom stereocenters. The molecule has 9 heavy (non-hydrogen) atoms. The third-order valence-electron chi connectivity index (χ3n) is 2.27. The van der Waals surface area contributed by atoms with Crippen LogP contribution in [0.4, 0.5) is 0 Å². The average molecular weight is 121 g/mol. The van der Waals surface area contributed by atoms with Gasteiger partial charge in [-0.3, -0.25) is 0 Å². The van der Waals surface area contributed by atoms with Gasteiger partial charge in [0.25, 0.3) is 0 Å². The summed E-state index contributed by atoms with van der Waals surface area (Å²) in [6.45, 7) is 5.72. The fourth-order valence-electron chi connectivity index (χ4n) is 1.26. The minimum absolute atomic E-state index is 0.0122. The van der Waals surface area contributed by atoms with E-state index in [9.17, 15) is 0 Å². The van der Waals surface area contributed by atoms with Crippen LogP contribution in [0, 0.1) is 22.7 Å². The molecule has 1 fully saturated rings. The van der Waals surface area contributed by atoms with Crippen LogP contribution in [0.25, 0.3) is 0 Å². The third-order valence-corrected chi connectivity index (χ3v) is 2.27. The maximum atomic E-state index is 8.66. The zero-order valence-electron chi connectivity index (χ0n) is 5.72. The summed E-state index contributed by atoms with van der Waals surface area (Å²) in [5.41, 5.74) is -0.0122. The smallest absolute Gasteiger partial charge is 0.0696 e. The third kappa shape index (κ3) is 0.751. The number of hydrogen-bond acceptors (Lipinski definition) is 1. The van der Waals surface area contributed by atoms with Crippen LogP contribution in [0.3, 0.4) is 0 Å². The van der Waals surface area contributed by atoms with Crippen LogP contribution in [-0.4, -0.2) is 0 Å². The highest BCUT2D eigenvalue weighted by Crippen LogP contribution is 2.55. The summed E-state index contributed by atoms with van der Waals surface area (Å²) in [6.07, 6.45) is 3.90. The van der Waals surface area contributed by atoms with Gasteiger partial charge in [0.15, 0.2) is 0 Å². The fraction of sp³-hybridized carbons (Fsp3) is 0.625. The van der Waals surface area contributed by atoms with Crippen molar-refractivity contribution < 1.29 is 0 Å². The molecule has 0 saturated heterocycles. The van der Waals surface area contributed by atoms with Crippen LogP contribution in [0.2, 0.25) is 0 Å². The summed E-state index contributed by atoms with van der Waals surface area (Å²) in [6, 6.07) is 2.33. The second kappa shape index (κ2) is 1.88. The van der Waals surface area contributed by atoms with Crippen LogP contribution in [0.5, 0.6) is 0 Å². The molecule has 1 aliphatic rings. The van der Waals surface area contributed by atoms with Gasteiger partial charge in [-0.1, -0.05) is 13.0 Å². The first kappa shape index (κ1) is 6.35. The maximum absolute atomic E-state index is 8.66. The van der Waals surface area contributed by atoms with Crippen molar-refractivity contribution in [1.82, 2.24) is 0 Å². The molecule has 1 nitrogen and oxygen atoms in total. The number of allylic oxidation sites excluding steroid dienone is 1. The number of nitriles is 1. The van der Waals surface area contributed by atoms with Crippen molar-refractivity contribution in [1.29, 1.82) is 5.26 Å². The Morgan fingerprint density at radius 2 is 2.67 bits per heavy atom. The molecule has 0 aliphatic heterocycles. The Hall–Kier alpha value is -0.770. The summed E-state index contributed by atoms with van der Waals surface area (Å²) in [4.78, 5) is 0. The second-order valence-corrected chi connectivity index (χ2v) is 2.67. The molecule has 0 bridgehead atoms. The molecule has 1 heteroatoms. The molecule has 0 amide bonds. The van der Waals surface area contributed by atoms with Gasteiger partial charge < -0.3 is 0 Å². The zero-order valence-corrected chi connectivity index (χ0v) is 5.72. The van der Waals surface area contributed by atoms with Crippen LogP contribution in [0.15, 0.2) is 12.7 Å². The zero-order chi connectivity index (χ0) is 6.91. The molecule has 1 saturated carbocycles. The van der Waals surface area contributed by atoms with E-state index in [1.165, 1.54) is 0 Å². The lowest BCUT2D eigenvalue weighted by atomic mass is 10.0. The van der Waals surface area contributed by atoms with Crippen LogP contribution < -0.4 is 0 Å². The standard InChI is InChI=1S/C8H11N/c1-3-7-5-8(7,4-2)6-9/h3,7H,1,4-5H2,2H3. The Morgan fingerprint density at radius 1 is 2.00 bits per heavy atom. The predicted octanol–water partition coefficient (Wildman–Crippen LogP) is 2.11. The average Bonchev–Trinajstić information content (AvgIpc) is 2.63. The van der Waals surface area contributed by atoms with Gasteiger partial charge in [-0.05, 0) is 18.8 Å². The largest absolute Gasteiger partial charge is 0.198 e. The van der Waals surface area contributed by atoms with E-state index >= 15 is 0 Å². The highest BCUT2D eigenvalue weighted by atomic mass is 14.5. The summed E-state index contributed by atoms with van der Waals surface area (Å²) < 4.78 is 0. The van der Waals surface area contributed by atoms with E-state index in [1.54, 1.807) is 0 Å². The van der Waals surface area contributed by atoms with Crippen molar-refractivity contribution in [3.8, 4) is 6.07 Å². The van der Waals surface area contributed by atoms with E-state index in [1.807, 2.05) is 6.08 Å². The number of rotatable bonds is 2. The highest BCUT2D eigenvalue weighted by molar-refractivity contribution is 5.20. The topological polar surface area (TPSA) is 23.8 Å². The van der Waals surface area contributed by atoms with Gasteiger partial charge in [-0.25, -0.2) is 0 Å². The van der Waals surface area contributed by atoms with Gasteiger partial charge in [0.05, 0.1) is 11.5 Å². The van der Waals surface area contributed by atoms with E-state index < -0.39 is 0 Å². The van der Waals surface area contributed by atoms with Gasteiger partial charge in [0, 0.05) is 0 Å². The Labute approximate surface area is 56.0 Å².